The highest BCUT2D eigenvalue weighted by molar-refractivity contribution is 5.92. The Hall–Kier alpha value is -3.30. The number of hydrogen-bond donors (Lipinski definition) is 2. The fraction of sp³-hybridized carbons (Fsp3) is 0.0714. The number of nitrogens with zero attached hydrogens (tertiary/aromatic N) is 1. The van der Waals surface area contributed by atoms with Gasteiger partial charge in [0.15, 0.2) is 0 Å². The highest BCUT2D eigenvalue weighted by atomic mass is 19.4. The monoisotopic (exact) mass is 342 g/mol. The van der Waals surface area contributed by atoms with Gasteiger partial charge in [-0.25, -0.2) is 4.79 Å². The molecular weight excluding hydrogens is 333 g/mol. The van der Waals surface area contributed by atoms with E-state index in [0.29, 0.717) is 6.07 Å². The summed E-state index contributed by atoms with van der Waals surface area (Å²) in [4.78, 5) is 20.9. The molecule has 0 unspecified atom stereocenters. The molecule has 0 radical (unpaired) electrons. The van der Waals surface area contributed by atoms with Crippen LogP contribution in [0, 0.1) is 10.1 Å². The van der Waals surface area contributed by atoms with Crippen LogP contribution in [-0.2, 0) is 6.18 Å². The van der Waals surface area contributed by atoms with Crippen LogP contribution < -0.4 is 10.5 Å². The molecule has 3 N–H and O–H groups in total. The van der Waals surface area contributed by atoms with Crippen LogP contribution in [0.5, 0.6) is 11.5 Å². The Bertz CT molecular complexity index is 821. The Morgan fingerprint density at radius 3 is 2.38 bits per heavy atom. The molecule has 0 bridgehead atoms. The predicted molar refractivity (Wildman–Crippen MR) is 76.0 cm³/mol. The van der Waals surface area contributed by atoms with Crippen molar-refractivity contribution in [3.05, 3.63) is 57.6 Å². The molecule has 0 heterocycles. The minimum absolute atomic E-state index is 0.121. The average molecular weight is 342 g/mol. The van der Waals surface area contributed by atoms with E-state index in [0.717, 1.165) is 30.3 Å². The number of ether oxygens (including phenoxy) is 1. The third-order valence-electron chi connectivity index (χ3n) is 2.96. The Kier molecular flexibility index (Phi) is 4.31. The van der Waals surface area contributed by atoms with Crippen molar-refractivity contribution in [3.63, 3.8) is 0 Å². The molecule has 0 saturated heterocycles. The van der Waals surface area contributed by atoms with Crippen molar-refractivity contribution < 1.29 is 32.7 Å². The van der Waals surface area contributed by atoms with Gasteiger partial charge in [-0.3, -0.25) is 10.1 Å². The maximum atomic E-state index is 12.6. The van der Waals surface area contributed by atoms with Gasteiger partial charge in [0.05, 0.1) is 16.2 Å². The lowest BCUT2D eigenvalue weighted by Crippen LogP contribution is -2.06. The molecule has 0 aliphatic rings. The summed E-state index contributed by atoms with van der Waals surface area (Å²) >= 11 is 0. The zero-order chi connectivity index (χ0) is 18.1. The van der Waals surface area contributed by atoms with Crippen LogP contribution in [0.3, 0.4) is 0 Å². The summed E-state index contributed by atoms with van der Waals surface area (Å²) in [5.41, 5.74) is 2.94. The van der Waals surface area contributed by atoms with Gasteiger partial charge in [-0.1, -0.05) is 0 Å². The molecule has 0 spiro atoms. The number of alkyl halides is 3. The first-order valence-corrected chi connectivity index (χ1v) is 6.26. The van der Waals surface area contributed by atoms with Crippen LogP contribution in [0.2, 0.25) is 0 Å². The zero-order valence-corrected chi connectivity index (χ0v) is 11.7. The Morgan fingerprint density at radius 2 is 1.88 bits per heavy atom. The van der Waals surface area contributed by atoms with Gasteiger partial charge in [-0.15, -0.1) is 0 Å². The average Bonchev–Trinajstić information content (AvgIpc) is 2.47. The van der Waals surface area contributed by atoms with Crippen molar-refractivity contribution in [2.45, 2.75) is 6.18 Å². The summed E-state index contributed by atoms with van der Waals surface area (Å²) < 4.78 is 42.9. The summed E-state index contributed by atoms with van der Waals surface area (Å²) in [6.45, 7) is 0. The molecule has 24 heavy (non-hydrogen) atoms. The molecule has 0 saturated carbocycles. The van der Waals surface area contributed by atoms with Crippen LogP contribution in [-0.4, -0.2) is 16.0 Å². The van der Waals surface area contributed by atoms with Crippen molar-refractivity contribution in [3.8, 4) is 11.5 Å². The van der Waals surface area contributed by atoms with Crippen LogP contribution in [0.1, 0.15) is 15.9 Å². The standard InChI is InChI=1S/C14H9F3N2O5/c15-14(16,17)7-1-4-12(10(18)5-7)24-8-2-3-11(19(22)23)9(6-8)13(20)21/h1-6H,18H2,(H,20,21). The summed E-state index contributed by atoms with van der Waals surface area (Å²) in [5.74, 6) is -1.81. The molecular formula is C14H9F3N2O5. The van der Waals surface area contributed by atoms with Crippen molar-refractivity contribution in [1.82, 2.24) is 0 Å². The van der Waals surface area contributed by atoms with Crippen molar-refractivity contribution >= 4 is 17.3 Å². The van der Waals surface area contributed by atoms with Gasteiger partial charge >= 0.3 is 12.1 Å². The van der Waals surface area contributed by atoms with Gasteiger partial charge in [0, 0.05) is 12.1 Å². The third-order valence-corrected chi connectivity index (χ3v) is 2.96. The first-order valence-electron chi connectivity index (χ1n) is 6.26. The van der Waals surface area contributed by atoms with Gasteiger partial charge in [-0.2, -0.15) is 13.2 Å². The van der Waals surface area contributed by atoms with Crippen LogP contribution in [0.15, 0.2) is 36.4 Å². The minimum Gasteiger partial charge on any atom is -0.477 e. The smallest absolute Gasteiger partial charge is 0.416 e. The molecule has 0 atom stereocenters. The summed E-state index contributed by atoms with van der Waals surface area (Å²) in [5, 5.41) is 19.7. The fourth-order valence-electron chi connectivity index (χ4n) is 1.85. The maximum Gasteiger partial charge on any atom is 0.416 e. The molecule has 2 aromatic rings. The normalized spacial score (nSPS) is 11.1. The Labute approximate surface area is 132 Å². The van der Waals surface area contributed by atoms with Gasteiger partial charge < -0.3 is 15.6 Å². The van der Waals surface area contributed by atoms with Gasteiger partial charge in [0.2, 0.25) is 0 Å². The van der Waals surface area contributed by atoms with E-state index in [9.17, 15) is 28.1 Å². The molecule has 0 fully saturated rings. The highest BCUT2D eigenvalue weighted by Gasteiger charge is 2.31. The number of aromatic carboxylic acids is 1. The van der Waals surface area contributed by atoms with E-state index >= 15 is 0 Å². The Morgan fingerprint density at radius 1 is 1.21 bits per heavy atom. The lowest BCUT2D eigenvalue weighted by atomic mass is 10.1. The van der Waals surface area contributed by atoms with E-state index in [2.05, 4.69) is 0 Å². The van der Waals surface area contributed by atoms with Crippen LogP contribution >= 0.6 is 0 Å². The van der Waals surface area contributed by atoms with E-state index in [1.54, 1.807) is 0 Å². The number of benzene rings is 2. The molecule has 2 aromatic carbocycles. The minimum atomic E-state index is -4.57. The lowest BCUT2D eigenvalue weighted by molar-refractivity contribution is -0.385. The highest BCUT2D eigenvalue weighted by Crippen LogP contribution is 2.36. The summed E-state index contributed by atoms with van der Waals surface area (Å²) in [7, 11) is 0. The number of nitro groups is 1. The van der Waals surface area contributed by atoms with E-state index < -0.39 is 33.9 Å². The number of nitro benzene ring substituents is 1. The van der Waals surface area contributed by atoms with Gasteiger partial charge in [0.1, 0.15) is 17.1 Å². The van der Waals surface area contributed by atoms with Gasteiger partial charge in [0.25, 0.3) is 5.69 Å². The van der Waals surface area contributed by atoms with E-state index in [1.165, 1.54) is 0 Å². The van der Waals surface area contributed by atoms with E-state index in [4.69, 9.17) is 15.6 Å². The van der Waals surface area contributed by atoms with E-state index in [-0.39, 0.29) is 17.2 Å². The molecule has 0 amide bonds. The first kappa shape index (κ1) is 17.1. The molecule has 7 nitrogen and oxygen atoms in total. The summed E-state index contributed by atoms with van der Waals surface area (Å²) in [6, 6.07) is 5.30. The lowest BCUT2D eigenvalue weighted by Gasteiger charge is -2.12. The fourth-order valence-corrected chi connectivity index (χ4v) is 1.85. The number of carboxylic acid groups (broad SMARTS) is 1. The number of hydrogen-bond acceptors (Lipinski definition) is 5. The van der Waals surface area contributed by atoms with Crippen molar-refractivity contribution in [2.24, 2.45) is 0 Å². The molecule has 10 heteroatoms. The second kappa shape index (κ2) is 6.07. The summed E-state index contributed by atoms with van der Waals surface area (Å²) in [6.07, 6.45) is -4.57. The third kappa shape index (κ3) is 3.54. The number of halogens is 3. The predicted octanol–water partition coefficient (Wildman–Crippen LogP) is 3.69. The second-order valence-electron chi connectivity index (χ2n) is 4.59. The first-order chi connectivity index (χ1) is 11.1. The number of rotatable bonds is 4. The topological polar surface area (TPSA) is 116 Å². The molecule has 0 aliphatic carbocycles. The Balaban J connectivity index is 2.37. The second-order valence-corrected chi connectivity index (χ2v) is 4.59. The number of anilines is 1. The van der Waals surface area contributed by atoms with Crippen molar-refractivity contribution in [2.75, 3.05) is 5.73 Å². The molecule has 2 rings (SSSR count). The SMILES string of the molecule is Nc1cc(C(F)(F)F)ccc1Oc1ccc([N+](=O)[O-])c(C(=O)O)c1. The molecule has 0 aromatic heterocycles. The van der Waals surface area contributed by atoms with E-state index in [1.807, 2.05) is 0 Å². The maximum absolute atomic E-state index is 12.6. The number of nitrogen functional groups attached to an aromatic ring is 1. The number of carboxylic acids is 1. The van der Waals surface area contributed by atoms with Crippen LogP contribution in [0.25, 0.3) is 0 Å². The van der Waals surface area contributed by atoms with Gasteiger partial charge in [-0.05, 0) is 24.3 Å². The molecule has 126 valence electrons. The number of carbonyl (C=O) groups is 1. The number of nitrogens with two attached hydrogens (primary N) is 1. The largest absolute Gasteiger partial charge is 0.477 e. The van der Waals surface area contributed by atoms with Crippen LogP contribution in [0.4, 0.5) is 24.5 Å². The quantitative estimate of drug-likeness (QED) is 0.497. The molecule has 0 aliphatic heterocycles. The van der Waals surface area contributed by atoms with Crippen molar-refractivity contribution in [1.29, 1.82) is 0 Å². The zero-order valence-electron chi connectivity index (χ0n) is 11.7.